The number of rotatable bonds is 5. The number of anilines is 1. The standard InChI is InChI=1S/C17H23N3O2/c1-4-6-10-20(5-2)17(22)12-11-19(3)14-9-7-8-13(18)15(14)16(12)21/h7-9,11H,4-6,10,18H2,1-3H3. The normalized spacial score (nSPS) is 10.9. The van der Waals surface area contributed by atoms with Crippen molar-refractivity contribution in [2.24, 2.45) is 7.05 Å². The summed E-state index contributed by atoms with van der Waals surface area (Å²) in [6, 6.07) is 5.32. The second-order valence-corrected chi connectivity index (χ2v) is 5.46. The fourth-order valence-corrected chi connectivity index (χ4v) is 2.63. The number of pyridine rings is 1. The number of benzene rings is 1. The van der Waals surface area contributed by atoms with Crippen LogP contribution in [-0.2, 0) is 7.05 Å². The molecule has 0 aliphatic carbocycles. The van der Waals surface area contributed by atoms with E-state index in [1.165, 1.54) is 0 Å². The summed E-state index contributed by atoms with van der Waals surface area (Å²) in [4.78, 5) is 27.1. The summed E-state index contributed by atoms with van der Waals surface area (Å²) in [6.07, 6.45) is 3.54. The van der Waals surface area contributed by atoms with Gasteiger partial charge in [0.25, 0.3) is 5.91 Å². The van der Waals surface area contributed by atoms with Crippen LogP contribution in [0.4, 0.5) is 5.69 Å². The molecule has 0 bridgehead atoms. The first-order valence-corrected chi connectivity index (χ1v) is 7.68. The molecule has 0 aliphatic rings. The zero-order chi connectivity index (χ0) is 16.3. The van der Waals surface area contributed by atoms with E-state index in [4.69, 9.17) is 5.73 Å². The summed E-state index contributed by atoms with van der Waals surface area (Å²) in [6.45, 7) is 5.25. The van der Waals surface area contributed by atoms with Crippen LogP contribution in [0.2, 0.25) is 0 Å². The second kappa shape index (κ2) is 6.64. The van der Waals surface area contributed by atoms with Crippen molar-refractivity contribution in [3.63, 3.8) is 0 Å². The van der Waals surface area contributed by atoms with Gasteiger partial charge in [-0.25, -0.2) is 0 Å². The van der Waals surface area contributed by atoms with E-state index in [1.807, 2.05) is 20.0 Å². The molecule has 1 aromatic heterocycles. The van der Waals surface area contributed by atoms with Crippen molar-refractivity contribution in [1.82, 2.24) is 9.47 Å². The Labute approximate surface area is 130 Å². The number of aromatic nitrogens is 1. The molecule has 5 nitrogen and oxygen atoms in total. The minimum Gasteiger partial charge on any atom is -0.398 e. The zero-order valence-corrected chi connectivity index (χ0v) is 13.4. The largest absolute Gasteiger partial charge is 0.398 e. The maximum absolute atomic E-state index is 12.7. The molecule has 22 heavy (non-hydrogen) atoms. The quantitative estimate of drug-likeness (QED) is 0.862. The number of carbonyl (C=O) groups excluding carboxylic acids is 1. The van der Waals surface area contributed by atoms with Crippen molar-refractivity contribution in [2.45, 2.75) is 26.7 Å². The van der Waals surface area contributed by atoms with E-state index < -0.39 is 0 Å². The Morgan fingerprint density at radius 1 is 1.32 bits per heavy atom. The third kappa shape index (κ3) is 2.84. The molecule has 0 radical (unpaired) electrons. The van der Waals surface area contributed by atoms with Gasteiger partial charge in [-0.15, -0.1) is 0 Å². The SMILES string of the molecule is CCCCN(CC)C(=O)c1cn(C)c2cccc(N)c2c1=O. The number of nitrogen functional groups attached to an aromatic ring is 1. The molecular weight excluding hydrogens is 278 g/mol. The first kappa shape index (κ1) is 16.1. The topological polar surface area (TPSA) is 68.3 Å². The van der Waals surface area contributed by atoms with Crippen LogP contribution in [0, 0.1) is 0 Å². The summed E-state index contributed by atoms with van der Waals surface area (Å²) in [5.74, 6) is -0.221. The molecule has 0 spiro atoms. The predicted octanol–water partition coefficient (Wildman–Crippen LogP) is 2.38. The van der Waals surface area contributed by atoms with Crippen LogP contribution in [0.25, 0.3) is 10.9 Å². The monoisotopic (exact) mass is 301 g/mol. The van der Waals surface area contributed by atoms with Gasteiger partial charge < -0.3 is 15.2 Å². The third-order valence-corrected chi connectivity index (χ3v) is 3.93. The second-order valence-electron chi connectivity index (χ2n) is 5.46. The van der Waals surface area contributed by atoms with Gasteiger partial charge in [-0.3, -0.25) is 9.59 Å². The van der Waals surface area contributed by atoms with Gasteiger partial charge in [-0.05, 0) is 25.5 Å². The first-order chi connectivity index (χ1) is 10.5. The molecule has 0 saturated carbocycles. The molecule has 0 atom stereocenters. The number of amides is 1. The van der Waals surface area contributed by atoms with Gasteiger partial charge in [-0.2, -0.15) is 0 Å². The van der Waals surface area contributed by atoms with E-state index >= 15 is 0 Å². The number of aryl methyl sites for hydroxylation is 1. The van der Waals surface area contributed by atoms with Crippen LogP contribution in [0.1, 0.15) is 37.0 Å². The van der Waals surface area contributed by atoms with Gasteiger partial charge in [0.15, 0.2) is 0 Å². The first-order valence-electron chi connectivity index (χ1n) is 7.68. The third-order valence-electron chi connectivity index (χ3n) is 3.93. The van der Waals surface area contributed by atoms with Crippen LogP contribution >= 0.6 is 0 Å². The van der Waals surface area contributed by atoms with Crippen LogP contribution in [-0.4, -0.2) is 28.5 Å². The van der Waals surface area contributed by atoms with Gasteiger partial charge in [0.1, 0.15) is 5.56 Å². The number of nitrogens with zero attached hydrogens (tertiary/aromatic N) is 2. The molecule has 1 aromatic carbocycles. The lowest BCUT2D eigenvalue weighted by Gasteiger charge is -2.21. The molecule has 2 N–H and O–H groups in total. The summed E-state index contributed by atoms with van der Waals surface area (Å²) in [5, 5.41) is 0.419. The summed E-state index contributed by atoms with van der Waals surface area (Å²) in [7, 11) is 1.82. The fraction of sp³-hybridized carbons (Fsp3) is 0.412. The fourth-order valence-electron chi connectivity index (χ4n) is 2.63. The molecule has 1 amide bonds. The molecule has 118 valence electrons. The van der Waals surface area contributed by atoms with Crippen molar-refractivity contribution in [2.75, 3.05) is 18.8 Å². The minimum absolute atomic E-state index is 0.186. The van der Waals surface area contributed by atoms with Gasteiger partial charge in [-0.1, -0.05) is 19.4 Å². The lowest BCUT2D eigenvalue weighted by Crippen LogP contribution is -2.35. The van der Waals surface area contributed by atoms with Crippen LogP contribution < -0.4 is 11.2 Å². The lowest BCUT2D eigenvalue weighted by molar-refractivity contribution is 0.0760. The van der Waals surface area contributed by atoms with Crippen molar-refractivity contribution < 1.29 is 4.79 Å². The highest BCUT2D eigenvalue weighted by Crippen LogP contribution is 2.18. The number of nitrogens with two attached hydrogens (primary N) is 1. The molecule has 5 heteroatoms. The maximum atomic E-state index is 12.7. The van der Waals surface area contributed by atoms with Crippen molar-refractivity contribution in [3.8, 4) is 0 Å². The van der Waals surface area contributed by atoms with E-state index in [0.29, 0.717) is 24.2 Å². The Balaban J connectivity index is 2.56. The highest BCUT2D eigenvalue weighted by atomic mass is 16.2. The summed E-state index contributed by atoms with van der Waals surface area (Å²) in [5.41, 5.74) is 6.99. The average molecular weight is 301 g/mol. The van der Waals surface area contributed by atoms with E-state index in [-0.39, 0.29) is 16.9 Å². The summed E-state index contributed by atoms with van der Waals surface area (Å²) >= 11 is 0. The van der Waals surface area contributed by atoms with E-state index in [1.54, 1.807) is 27.8 Å². The molecule has 0 unspecified atom stereocenters. The van der Waals surface area contributed by atoms with Gasteiger partial charge in [0.2, 0.25) is 5.43 Å². The number of carbonyl (C=O) groups is 1. The molecule has 1 heterocycles. The van der Waals surface area contributed by atoms with Crippen molar-refractivity contribution in [1.29, 1.82) is 0 Å². The number of unbranched alkanes of at least 4 members (excludes halogenated alkanes) is 1. The highest BCUT2D eigenvalue weighted by Gasteiger charge is 2.20. The van der Waals surface area contributed by atoms with E-state index in [2.05, 4.69) is 6.92 Å². The van der Waals surface area contributed by atoms with E-state index in [0.717, 1.165) is 18.4 Å². The van der Waals surface area contributed by atoms with Gasteiger partial charge in [0.05, 0.1) is 10.9 Å². The van der Waals surface area contributed by atoms with Crippen LogP contribution in [0.3, 0.4) is 0 Å². The van der Waals surface area contributed by atoms with Gasteiger partial charge >= 0.3 is 0 Å². The van der Waals surface area contributed by atoms with Gasteiger partial charge in [0, 0.05) is 32.0 Å². The Kier molecular flexibility index (Phi) is 4.85. The Morgan fingerprint density at radius 2 is 2.05 bits per heavy atom. The van der Waals surface area contributed by atoms with E-state index in [9.17, 15) is 9.59 Å². The Morgan fingerprint density at radius 3 is 2.68 bits per heavy atom. The highest BCUT2D eigenvalue weighted by molar-refractivity contribution is 6.00. The molecule has 0 saturated heterocycles. The minimum atomic E-state index is -0.286. The zero-order valence-electron chi connectivity index (χ0n) is 13.4. The molecular formula is C17H23N3O2. The van der Waals surface area contributed by atoms with Crippen molar-refractivity contribution in [3.05, 3.63) is 40.2 Å². The molecule has 0 fully saturated rings. The molecule has 0 aliphatic heterocycles. The van der Waals surface area contributed by atoms with Crippen LogP contribution in [0.5, 0.6) is 0 Å². The predicted molar refractivity (Wildman–Crippen MR) is 90.1 cm³/mol. The number of hydrogen-bond acceptors (Lipinski definition) is 3. The number of hydrogen-bond donors (Lipinski definition) is 1. The summed E-state index contributed by atoms with van der Waals surface area (Å²) < 4.78 is 1.79. The smallest absolute Gasteiger partial charge is 0.259 e. The lowest BCUT2D eigenvalue weighted by atomic mass is 10.1. The molecule has 2 aromatic rings. The molecule has 2 rings (SSSR count). The Hall–Kier alpha value is -2.30. The average Bonchev–Trinajstić information content (AvgIpc) is 2.51. The number of fused-ring (bicyclic) bond motifs is 1. The maximum Gasteiger partial charge on any atom is 0.259 e. The Bertz CT molecular complexity index is 749. The van der Waals surface area contributed by atoms with Crippen molar-refractivity contribution >= 4 is 22.5 Å². The van der Waals surface area contributed by atoms with Crippen LogP contribution in [0.15, 0.2) is 29.2 Å².